The van der Waals surface area contributed by atoms with Crippen LogP contribution in [0.2, 0.25) is 0 Å². The number of aliphatic hydroxyl groups excluding tert-OH is 1. The Morgan fingerprint density at radius 1 is 1.20 bits per heavy atom. The molecule has 0 radical (unpaired) electrons. The standard InChI is InChI=1S/C14H13BrN2O3/c15-10-5-6-11(14(16)17-19)13(7-10)20-12-4-2-1-3-9(12)8-18/h1-7,18-19H,8H2,(H2,16,17). The predicted molar refractivity (Wildman–Crippen MR) is 79.1 cm³/mol. The maximum atomic E-state index is 9.30. The van der Waals surface area contributed by atoms with Gasteiger partial charge in [-0.25, -0.2) is 0 Å². The van der Waals surface area contributed by atoms with E-state index in [1.165, 1.54) is 0 Å². The van der Waals surface area contributed by atoms with E-state index in [-0.39, 0.29) is 12.4 Å². The smallest absolute Gasteiger partial charge is 0.173 e. The van der Waals surface area contributed by atoms with E-state index < -0.39 is 0 Å². The summed E-state index contributed by atoms with van der Waals surface area (Å²) in [5, 5.41) is 21.1. The first-order valence-electron chi connectivity index (χ1n) is 5.79. The van der Waals surface area contributed by atoms with Gasteiger partial charge in [-0.1, -0.05) is 39.3 Å². The molecule has 104 valence electrons. The van der Waals surface area contributed by atoms with Gasteiger partial charge >= 0.3 is 0 Å². The quantitative estimate of drug-likeness (QED) is 0.346. The Labute approximate surface area is 124 Å². The average Bonchev–Trinajstić information content (AvgIpc) is 2.47. The Morgan fingerprint density at radius 2 is 1.95 bits per heavy atom. The Balaban J connectivity index is 2.45. The third-order valence-electron chi connectivity index (χ3n) is 2.69. The van der Waals surface area contributed by atoms with Gasteiger partial charge in [0.15, 0.2) is 5.84 Å². The molecular formula is C14H13BrN2O3. The number of ether oxygens (including phenoxy) is 1. The van der Waals surface area contributed by atoms with E-state index in [1.54, 1.807) is 36.4 Å². The Hall–Kier alpha value is -2.05. The van der Waals surface area contributed by atoms with E-state index in [9.17, 15) is 5.11 Å². The zero-order chi connectivity index (χ0) is 14.5. The summed E-state index contributed by atoms with van der Waals surface area (Å²) in [7, 11) is 0. The van der Waals surface area contributed by atoms with Gasteiger partial charge in [0, 0.05) is 10.0 Å². The maximum Gasteiger partial charge on any atom is 0.173 e. The van der Waals surface area contributed by atoms with Crippen molar-refractivity contribution in [2.45, 2.75) is 6.61 Å². The minimum Gasteiger partial charge on any atom is -0.456 e. The van der Waals surface area contributed by atoms with Gasteiger partial charge < -0.3 is 20.8 Å². The average molecular weight is 337 g/mol. The van der Waals surface area contributed by atoms with Gasteiger partial charge in [0.2, 0.25) is 0 Å². The summed E-state index contributed by atoms with van der Waals surface area (Å²) in [6.45, 7) is -0.136. The number of amidine groups is 1. The molecular weight excluding hydrogens is 324 g/mol. The number of nitrogens with zero attached hydrogens (tertiary/aromatic N) is 1. The number of para-hydroxylation sites is 1. The summed E-state index contributed by atoms with van der Waals surface area (Å²) in [4.78, 5) is 0. The zero-order valence-electron chi connectivity index (χ0n) is 10.5. The van der Waals surface area contributed by atoms with Crippen molar-refractivity contribution < 1.29 is 15.1 Å². The number of oxime groups is 1. The van der Waals surface area contributed by atoms with E-state index in [4.69, 9.17) is 15.7 Å². The molecule has 0 amide bonds. The highest BCUT2D eigenvalue weighted by Crippen LogP contribution is 2.30. The molecule has 6 heteroatoms. The highest BCUT2D eigenvalue weighted by atomic mass is 79.9. The van der Waals surface area contributed by atoms with E-state index in [0.717, 1.165) is 4.47 Å². The van der Waals surface area contributed by atoms with Crippen LogP contribution in [0.1, 0.15) is 11.1 Å². The maximum absolute atomic E-state index is 9.30. The fraction of sp³-hybridized carbons (Fsp3) is 0.0714. The second kappa shape index (κ2) is 6.40. The van der Waals surface area contributed by atoms with Gasteiger partial charge in [-0.2, -0.15) is 0 Å². The molecule has 0 saturated heterocycles. The van der Waals surface area contributed by atoms with Crippen molar-refractivity contribution in [3.63, 3.8) is 0 Å². The van der Waals surface area contributed by atoms with Crippen LogP contribution in [0, 0.1) is 0 Å². The molecule has 0 heterocycles. The lowest BCUT2D eigenvalue weighted by molar-refractivity contribution is 0.276. The van der Waals surface area contributed by atoms with Crippen LogP contribution in [0.25, 0.3) is 0 Å². The minimum absolute atomic E-state index is 0.0472. The molecule has 0 fully saturated rings. The van der Waals surface area contributed by atoms with Gasteiger partial charge in [0.1, 0.15) is 11.5 Å². The molecule has 0 unspecified atom stereocenters. The fourth-order valence-corrected chi connectivity index (χ4v) is 2.04. The van der Waals surface area contributed by atoms with Crippen LogP contribution in [0.4, 0.5) is 0 Å². The lowest BCUT2D eigenvalue weighted by atomic mass is 10.1. The van der Waals surface area contributed by atoms with Crippen LogP contribution >= 0.6 is 15.9 Å². The fourth-order valence-electron chi connectivity index (χ4n) is 1.70. The monoisotopic (exact) mass is 336 g/mol. The SMILES string of the molecule is N/C(=N/O)c1ccc(Br)cc1Oc1ccccc1CO. The number of benzene rings is 2. The van der Waals surface area contributed by atoms with Crippen LogP contribution in [0.3, 0.4) is 0 Å². The van der Waals surface area contributed by atoms with Crippen molar-refractivity contribution in [2.24, 2.45) is 10.9 Å². The summed E-state index contributed by atoms with van der Waals surface area (Å²) in [6, 6.07) is 12.3. The molecule has 0 aliphatic rings. The van der Waals surface area contributed by atoms with Crippen LogP contribution in [0.15, 0.2) is 52.1 Å². The number of nitrogens with two attached hydrogens (primary N) is 1. The van der Waals surface area contributed by atoms with Crippen molar-refractivity contribution in [2.75, 3.05) is 0 Å². The second-order valence-electron chi connectivity index (χ2n) is 3.99. The van der Waals surface area contributed by atoms with Crippen LogP contribution in [-0.4, -0.2) is 16.1 Å². The normalized spacial score (nSPS) is 11.4. The van der Waals surface area contributed by atoms with E-state index in [0.29, 0.717) is 22.6 Å². The molecule has 0 bridgehead atoms. The van der Waals surface area contributed by atoms with Crippen molar-refractivity contribution in [3.05, 3.63) is 58.1 Å². The molecule has 2 aromatic carbocycles. The summed E-state index contributed by atoms with van der Waals surface area (Å²) >= 11 is 3.34. The Kier molecular flexibility index (Phi) is 4.60. The number of hydrogen-bond donors (Lipinski definition) is 3. The first-order chi connectivity index (χ1) is 9.65. The van der Waals surface area contributed by atoms with Gasteiger partial charge in [0.25, 0.3) is 0 Å². The van der Waals surface area contributed by atoms with Crippen LogP contribution in [0.5, 0.6) is 11.5 Å². The molecule has 0 saturated carbocycles. The van der Waals surface area contributed by atoms with Gasteiger partial charge in [-0.15, -0.1) is 0 Å². The Morgan fingerprint density at radius 3 is 2.65 bits per heavy atom. The second-order valence-corrected chi connectivity index (χ2v) is 4.91. The lowest BCUT2D eigenvalue weighted by Gasteiger charge is -2.13. The number of aliphatic hydroxyl groups is 1. The number of rotatable bonds is 4. The van der Waals surface area contributed by atoms with Crippen molar-refractivity contribution in [1.82, 2.24) is 0 Å². The molecule has 2 aromatic rings. The first-order valence-corrected chi connectivity index (χ1v) is 6.59. The topological polar surface area (TPSA) is 88.1 Å². The van der Waals surface area contributed by atoms with Crippen molar-refractivity contribution in [3.8, 4) is 11.5 Å². The molecule has 0 aliphatic heterocycles. The molecule has 4 N–H and O–H groups in total. The molecule has 0 aliphatic carbocycles. The summed E-state index contributed by atoms with van der Waals surface area (Å²) in [5.41, 5.74) is 6.74. The highest BCUT2D eigenvalue weighted by molar-refractivity contribution is 9.10. The first kappa shape index (κ1) is 14.4. The molecule has 0 aromatic heterocycles. The van der Waals surface area contributed by atoms with E-state index in [2.05, 4.69) is 21.1 Å². The molecule has 2 rings (SSSR count). The van der Waals surface area contributed by atoms with Crippen molar-refractivity contribution >= 4 is 21.8 Å². The number of halogens is 1. The molecule has 5 nitrogen and oxygen atoms in total. The number of hydrogen-bond acceptors (Lipinski definition) is 4. The largest absolute Gasteiger partial charge is 0.456 e. The van der Waals surface area contributed by atoms with Gasteiger partial charge in [0.05, 0.1) is 12.2 Å². The van der Waals surface area contributed by atoms with Gasteiger partial charge in [-0.3, -0.25) is 0 Å². The lowest BCUT2D eigenvalue weighted by Crippen LogP contribution is -2.14. The third-order valence-corrected chi connectivity index (χ3v) is 3.18. The zero-order valence-corrected chi connectivity index (χ0v) is 12.0. The molecule has 0 spiro atoms. The molecule has 0 atom stereocenters. The van der Waals surface area contributed by atoms with Gasteiger partial charge in [-0.05, 0) is 24.3 Å². The predicted octanol–water partition coefficient (Wildman–Crippen LogP) is 2.83. The third kappa shape index (κ3) is 3.09. The highest BCUT2D eigenvalue weighted by Gasteiger charge is 2.11. The summed E-state index contributed by atoms with van der Waals surface area (Å²) in [6.07, 6.45) is 0. The van der Waals surface area contributed by atoms with E-state index in [1.807, 2.05) is 6.07 Å². The summed E-state index contributed by atoms with van der Waals surface area (Å²) in [5.74, 6) is 0.893. The van der Waals surface area contributed by atoms with Crippen molar-refractivity contribution in [1.29, 1.82) is 0 Å². The minimum atomic E-state index is -0.136. The van der Waals surface area contributed by atoms with Crippen LogP contribution in [-0.2, 0) is 6.61 Å². The van der Waals surface area contributed by atoms with Crippen LogP contribution < -0.4 is 10.5 Å². The molecule has 20 heavy (non-hydrogen) atoms. The Bertz CT molecular complexity index is 644. The van der Waals surface area contributed by atoms with E-state index >= 15 is 0 Å². The summed E-state index contributed by atoms with van der Waals surface area (Å²) < 4.78 is 6.57.